The minimum absolute atomic E-state index is 0.0261. The van der Waals surface area contributed by atoms with Crippen LogP contribution in [0.25, 0.3) is 0 Å². The Morgan fingerprint density at radius 3 is 2.75 bits per heavy atom. The zero-order valence-corrected chi connectivity index (χ0v) is 17.1. The molecular weight excluding hydrogens is 408 g/mol. The van der Waals surface area contributed by atoms with Crippen molar-refractivity contribution < 1.29 is 22.7 Å². The van der Waals surface area contributed by atoms with Crippen LogP contribution in [-0.4, -0.2) is 36.6 Å². The predicted octanol–water partition coefficient (Wildman–Crippen LogP) is 1.46. The van der Waals surface area contributed by atoms with E-state index in [2.05, 4.69) is 10.4 Å². The molecule has 9 nitrogen and oxygen atoms in total. The zero-order chi connectivity index (χ0) is 20.6. The number of fused-ring (bicyclic) bond motifs is 1. The molecule has 1 aliphatic rings. The van der Waals surface area contributed by atoms with Gasteiger partial charge in [0.25, 0.3) is 15.9 Å². The number of nitrogens with zero attached hydrogens (tertiary/aromatic N) is 2. The number of hydrogen-bond donors (Lipinski definition) is 2. The Bertz CT molecular complexity index is 1080. The van der Waals surface area contributed by atoms with Gasteiger partial charge in [0.1, 0.15) is 10.6 Å². The molecule has 0 aliphatic carbocycles. The van der Waals surface area contributed by atoms with Crippen molar-refractivity contribution >= 4 is 39.1 Å². The highest BCUT2D eigenvalue weighted by atomic mass is 35.5. The summed E-state index contributed by atoms with van der Waals surface area (Å²) in [6, 6.07) is 2.46. The number of carbonyl (C=O) groups is 2. The third kappa shape index (κ3) is 3.97. The molecule has 0 spiro atoms. The van der Waals surface area contributed by atoms with E-state index >= 15 is 0 Å². The van der Waals surface area contributed by atoms with Gasteiger partial charge >= 0.3 is 0 Å². The van der Waals surface area contributed by atoms with Crippen LogP contribution in [0.4, 0.5) is 5.69 Å². The van der Waals surface area contributed by atoms with Crippen LogP contribution in [0.2, 0.25) is 5.02 Å². The molecule has 1 aliphatic heterocycles. The topological polar surface area (TPSA) is 119 Å². The van der Waals surface area contributed by atoms with E-state index < -0.39 is 15.9 Å². The van der Waals surface area contributed by atoms with E-state index in [0.29, 0.717) is 6.42 Å². The third-order valence-electron chi connectivity index (χ3n) is 4.47. The molecule has 2 aromatic rings. The number of amides is 2. The summed E-state index contributed by atoms with van der Waals surface area (Å²) in [5.41, 5.74) is 2.90. The van der Waals surface area contributed by atoms with Gasteiger partial charge in [-0.2, -0.15) is 5.10 Å². The van der Waals surface area contributed by atoms with Gasteiger partial charge in [0, 0.05) is 25.2 Å². The molecule has 150 valence electrons. The number of rotatable bonds is 5. The van der Waals surface area contributed by atoms with Gasteiger partial charge < -0.3 is 10.1 Å². The van der Waals surface area contributed by atoms with Crippen molar-refractivity contribution in [2.75, 3.05) is 11.9 Å². The van der Waals surface area contributed by atoms with Gasteiger partial charge in [0.15, 0.2) is 6.61 Å². The fourth-order valence-electron chi connectivity index (χ4n) is 2.96. The average Bonchev–Trinajstić information content (AvgIpc) is 2.83. The second-order valence-corrected chi connectivity index (χ2v) is 8.48. The van der Waals surface area contributed by atoms with Gasteiger partial charge in [-0.05, 0) is 31.9 Å². The average molecular weight is 427 g/mol. The number of aromatic nitrogens is 2. The van der Waals surface area contributed by atoms with Crippen molar-refractivity contribution in [1.82, 2.24) is 14.5 Å². The SMILES string of the molecule is Cc1nn(C)c(C)c1CCC(=O)NS(=O)(=O)c1cc2c(cc1Cl)NC(=O)CO2. The first-order valence-corrected chi connectivity index (χ1v) is 10.3. The van der Waals surface area contributed by atoms with Crippen molar-refractivity contribution in [2.24, 2.45) is 7.05 Å². The monoisotopic (exact) mass is 426 g/mol. The Hall–Kier alpha value is -2.59. The summed E-state index contributed by atoms with van der Waals surface area (Å²) >= 11 is 6.05. The Labute approximate surface area is 167 Å². The molecule has 11 heteroatoms. The molecule has 1 aromatic heterocycles. The quantitative estimate of drug-likeness (QED) is 0.746. The molecule has 2 N–H and O–H groups in total. The standard InChI is InChI=1S/C17H19ClN4O5S/c1-9-11(10(2)22(3)20-9)4-5-16(23)21-28(25,26)15-7-14-13(6-12(15)18)19-17(24)8-27-14/h6-7H,4-5,8H2,1-3H3,(H,19,24)(H,21,23). The van der Waals surface area contributed by atoms with Gasteiger partial charge in [-0.15, -0.1) is 0 Å². The van der Waals surface area contributed by atoms with Crippen LogP contribution in [-0.2, 0) is 33.1 Å². The van der Waals surface area contributed by atoms with Crippen LogP contribution in [0.1, 0.15) is 23.4 Å². The highest BCUT2D eigenvalue weighted by Gasteiger charge is 2.26. The minimum Gasteiger partial charge on any atom is -0.482 e. The molecule has 0 fully saturated rings. The van der Waals surface area contributed by atoms with Crippen molar-refractivity contribution in [3.05, 3.63) is 34.1 Å². The van der Waals surface area contributed by atoms with E-state index in [1.165, 1.54) is 12.1 Å². The summed E-state index contributed by atoms with van der Waals surface area (Å²) in [6.07, 6.45) is 0.335. The van der Waals surface area contributed by atoms with Gasteiger partial charge in [-0.3, -0.25) is 14.3 Å². The normalized spacial score (nSPS) is 13.5. The molecule has 0 saturated heterocycles. The molecule has 1 aromatic carbocycles. The third-order valence-corrected chi connectivity index (χ3v) is 6.30. The lowest BCUT2D eigenvalue weighted by Gasteiger charge is -2.19. The van der Waals surface area contributed by atoms with Crippen LogP contribution in [0.5, 0.6) is 5.75 Å². The van der Waals surface area contributed by atoms with Crippen molar-refractivity contribution in [1.29, 1.82) is 0 Å². The Balaban J connectivity index is 1.74. The fourth-order valence-corrected chi connectivity index (χ4v) is 4.52. The summed E-state index contributed by atoms with van der Waals surface area (Å²) < 4.78 is 34.1. The maximum absolute atomic E-state index is 12.6. The first kappa shape index (κ1) is 20.2. The maximum atomic E-state index is 12.6. The lowest BCUT2D eigenvalue weighted by Crippen LogP contribution is -2.31. The van der Waals surface area contributed by atoms with Gasteiger partial charge in [0.2, 0.25) is 5.91 Å². The molecular formula is C17H19ClN4O5S. The van der Waals surface area contributed by atoms with Crippen molar-refractivity contribution in [2.45, 2.75) is 31.6 Å². The fraction of sp³-hybridized carbons (Fsp3) is 0.353. The van der Waals surface area contributed by atoms with Gasteiger partial charge in [-0.25, -0.2) is 13.1 Å². The number of halogens is 1. The van der Waals surface area contributed by atoms with Crippen LogP contribution >= 0.6 is 11.6 Å². The van der Waals surface area contributed by atoms with E-state index in [0.717, 1.165) is 17.0 Å². The molecule has 0 saturated carbocycles. The summed E-state index contributed by atoms with van der Waals surface area (Å²) in [7, 11) is -2.40. The second kappa shape index (κ2) is 7.44. The lowest BCUT2D eigenvalue weighted by molar-refractivity contribution is -0.119. The Morgan fingerprint density at radius 2 is 2.11 bits per heavy atom. The molecule has 0 atom stereocenters. The number of aryl methyl sites for hydroxylation is 2. The van der Waals surface area contributed by atoms with E-state index in [1.807, 2.05) is 18.6 Å². The highest BCUT2D eigenvalue weighted by molar-refractivity contribution is 7.90. The number of hydrogen-bond acceptors (Lipinski definition) is 6. The lowest BCUT2D eigenvalue weighted by atomic mass is 10.1. The Kier molecular flexibility index (Phi) is 5.35. The van der Waals surface area contributed by atoms with E-state index in [-0.39, 0.29) is 40.3 Å². The molecule has 2 heterocycles. The molecule has 2 amide bonds. The van der Waals surface area contributed by atoms with Crippen molar-refractivity contribution in [3.8, 4) is 5.75 Å². The molecule has 28 heavy (non-hydrogen) atoms. The smallest absolute Gasteiger partial charge is 0.265 e. The largest absolute Gasteiger partial charge is 0.482 e. The second-order valence-electron chi connectivity index (χ2n) is 6.42. The van der Waals surface area contributed by atoms with Crippen LogP contribution in [0.3, 0.4) is 0 Å². The van der Waals surface area contributed by atoms with Gasteiger partial charge in [0.05, 0.1) is 16.4 Å². The van der Waals surface area contributed by atoms with Crippen LogP contribution in [0.15, 0.2) is 17.0 Å². The molecule has 0 unspecified atom stereocenters. The molecule has 0 radical (unpaired) electrons. The summed E-state index contributed by atoms with van der Waals surface area (Å²) in [5, 5.41) is 6.67. The highest BCUT2D eigenvalue weighted by Crippen LogP contribution is 2.35. The van der Waals surface area contributed by atoms with E-state index in [9.17, 15) is 18.0 Å². The van der Waals surface area contributed by atoms with Crippen LogP contribution in [0, 0.1) is 13.8 Å². The minimum atomic E-state index is -4.20. The van der Waals surface area contributed by atoms with Gasteiger partial charge in [-0.1, -0.05) is 11.6 Å². The molecule has 0 bridgehead atoms. The molecule has 3 rings (SSSR count). The first-order chi connectivity index (χ1) is 13.1. The zero-order valence-electron chi connectivity index (χ0n) is 15.5. The van der Waals surface area contributed by atoms with Crippen LogP contribution < -0.4 is 14.8 Å². The number of carbonyl (C=O) groups excluding carboxylic acids is 2. The maximum Gasteiger partial charge on any atom is 0.265 e. The summed E-state index contributed by atoms with van der Waals surface area (Å²) in [6.45, 7) is 3.49. The number of sulfonamides is 1. The number of nitrogens with one attached hydrogen (secondary N) is 2. The number of benzene rings is 1. The van der Waals surface area contributed by atoms with Crippen molar-refractivity contribution in [3.63, 3.8) is 0 Å². The summed E-state index contributed by atoms with van der Waals surface area (Å²) in [5.74, 6) is -0.863. The number of anilines is 1. The summed E-state index contributed by atoms with van der Waals surface area (Å²) in [4.78, 5) is 23.3. The first-order valence-electron chi connectivity index (χ1n) is 8.39. The van der Waals surface area contributed by atoms with E-state index in [1.54, 1.807) is 11.7 Å². The predicted molar refractivity (Wildman–Crippen MR) is 102 cm³/mol. The number of ether oxygens (including phenoxy) is 1. The Morgan fingerprint density at radius 1 is 1.39 bits per heavy atom. The van der Waals surface area contributed by atoms with E-state index in [4.69, 9.17) is 16.3 Å².